The van der Waals surface area contributed by atoms with Crippen molar-refractivity contribution in [3.05, 3.63) is 29.8 Å². The van der Waals surface area contributed by atoms with Crippen LogP contribution in [0.4, 0.5) is 0 Å². The average Bonchev–Trinajstić information content (AvgIpc) is 2.64. The van der Waals surface area contributed by atoms with Crippen molar-refractivity contribution < 1.29 is 23.1 Å². The van der Waals surface area contributed by atoms with Crippen LogP contribution in [0.2, 0.25) is 0 Å². The SMILES string of the molecule is CCCCN(C)C(=O)c1ccccc1S(=O)(=O)N1CC(C)CC(C(=O)O)C1. The van der Waals surface area contributed by atoms with Gasteiger partial charge >= 0.3 is 5.97 Å². The second kappa shape index (κ2) is 8.84. The molecule has 1 amide bonds. The Morgan fingerprint density at radius 3 is 2.56 bits per heavy atom. The Labute approximate surface area is 161 Å². The van der Waals surface area contributed by atoms with Gasteiger partial charge in [0.25, 0.3) is 5.91 Å². The number of hydrogen-bond acceptors (Lipinski definition) is 4. The fourth-order valence-corrected chi connectivity index (χ4v) is 5.18. The Hall–Kier alpha value is -1.93. The number of amides is 1. The molecule has 150 valence electrons. The predicted octanol–water partition coefficient (Wildman–Crippen LogP) is 2.29. The fourth-order valence-electron chi connectivity index (χ4n) is 3.39. The molecule has 27 heavy (non-hydrogen) atoms. The van der Waals surface area contributed by atoms with Gasteiger partial charge in [0.05, 0.1) is 16.4 Å². The van der Waals surface area contributed by atoms with Crippen LogP contribution in [0.5, 0.6) is 0 Å². The first-order chi connectivity index (χ1) is 12.7. The second-order valence-electron chi connectivity index (χ2n) is 7.27. The highest BCUT2D eigenvalue weighted by Crippen LogP contribution is 2.29. The fraction of sp³-hybridized carbons (Fsp3) is 0.579. The average molecular weight is 397 g/mol. The molecule has 1 aromatic rings. The molecule has 2 unspecified atom stereocenters. The van der Waals surface area contributed by atoms with Crippen LogP contribution in [0.3, 0.4) is 0 Å². The number of unbranched alkanes of at least 4 members (excludes halogenated alkanes) is 1. The number of hydrogen-bond donors (Lipinski definition) is 1. The molecule has 1 aliphatic heterocycles. The number of carboxylic acid groups (broad SMARTS) is 1. The van der Waals surface area contributed by atoms with Crippen LogP contribution in [0.15, 0.2) is 29.2 Å². The van der Waals surface area contributed by atoms with E-state index in [1.165, 1.54) is 21.3 Å². The molecule has 0 aromatic heterocycles. The van der Waals surface area contributed by atoms with Gasteiger partial charge in [-0.05, 0) is 30.9 Å². The van der Waals surface area contributed by atoms with Gasteiger partial charge < -0.3 is 10.0 Å². The van der Waals surface area contributed by atoms with Gasteiger partial charge in [-0.3, -0.25) is 9.59 Å². The van der Waals surface area contributed by atoms with Crippen LogP contribution in [-0.4, -0.2) is 61.3 Å². The zero-order valence-corrected chi connectivity index (χ0v) is 16.9. The van der Waals surface area contributed by atoms with Crippen molar-refractivity contribution in [1.82, 2.24) is 9.21 Å². The minimum absolute atomic E-state index is 0.0587. The molecule has 1 aromatic carbocycles. The summed E-state index contributed by atoms with van der Waals surface area (Å²) in [6, 6.07) is 6.15. The molecule has 1 fully saturated rings. The molecule has 1 saturated heterocycles. The summed E-state index contributed by atoms with van der Waals surface area (Å²) < 4.78 is 27.7. The van der Waals surface area contributed by atoms with Crippen molar-refractivity contribution >= 4 is 21.9 Å². The minimum atomic E-state index is -3.97. The van der Waals surface area contributed by atoms with E-state index in [0.29, 0.717) is 13.0 Å². The van der Waals surface area contributed by atoms with E-state index in [0.717, 1.165) is 12.8 Å². The summed E-state index contributed by atoms with van der Waals surface area (Å²) >= 11 is 0. The Morgan fingerprint density at radius 1 is 1.26 bits per heavy atom. The summed E-state index contributed by atoms with van der Waals surface area (Å²) in [5, 5.41) is 9.33. The first kappa shape index (κ1) is 21.4. The predicted molar refractivity (Wildman–Crippen MR) is 102 cm³/mol. The zero-order chi connectivity index (χ0) is 20.2. The standard InChI is InChI=1S/C19H28N2O5S/c1-4-5-10-20(3)18(22)16-8-6-7-9-17(16)27(25,26)21-12-14(2)11-15(13-21)19(23)24/h6-9,14-15H,4-5,10-13H2,1-3H3,(H,23,24). The largest absolute Gasteiger partial charge is 0.481 e. The molecule has 0 spiro atoms. The van der Waals surface area contributed by atoms with E-state index in [9.17, 15) is 23.1 Å². The third kappa shape index (κ3) is 4.87. The molecule has 8 heteroatoms. The molecule has 1 N–H and O–H groups in total. The van der Waals surface area contributed by atoms with Crippen LogP contribution in [0.1, 0.15) is 43.5 Å². The lowest BCUT2D eigenvalue weighted by Gasteiger charge is -2.34. The summed E-state index contributed by atoms with van der Waals surface area (Å²) in [5.41, 5.74) is 0.126. The number of sulfonamides is 1. The van der Waals surface area contributed by atoms with Gasteiger partial charge in [-0.15, -0.1) is 0 Å². The Bertz CT molecular complexity index is 793. The third-order valence-corrected chi connectivity index (χ3v) is 6.79. The topological polar surface area (TPSA) is 95.0 Å². The van der Waals surface area contributed by atoms with E-state index in [2.05, 4.69) is 0 Å². The number of rotatable bonds is 7. The van der Waals surface area contributed by atoms with E-state index < -0.39 is 21.9 Å². The van der Waals surface area contributed by atoms with Crippen molar-refractivity contribution in [2.75, 3.05) is 26.7 Å². The maximum atomic E-state index is 13.2. The molecule has 1 aliphatic rings. The van der Waals surface area contributed by atoms with Crippen LogP contribution < -0.4 is 0 Å². The minimum Gasteiger partial charge on any atom is -0.481 e. The van der Waals surface area contributed by atoms with Crippen LogP contribution in [0, 0.1) is 11.8 Å². The summed E-state index contributed by atoms with van der Waals surface area (Å²) in [6.45, 7) is 4.59. The van der Waals surface area contributed by atoms with Crippen molar-refractivity contribution in [2.45, 2.75) is 38.0 Å². The first-order valence-corrected chi connectivity index (χ1v) is 10.7. The number of piperidine rings is 1. The maximum Gasteiger partial charge on any atom is 0.307 e. The van der Waals surface area contributed by atoms with Crippen molar-refractivity contribution in [3.63, 3.8) is 0 Å². The van der Waals surface area contributed by atoms with Crippen molar-refractivity contribution in [2.24, 2.45) is 11.8 Å². The van der Waals surface area contributed by atoms with Gasteiger partial charge in [0, 0.05) is 26.7 Å². The zero-order valence-electron chi connectivity index (χ0n) is 16.1. The molecule has 0 aliphatic carbocycles. The number of carbonyl (C=O) groups is 2. The highest BCUT2D eigenvalue weighted by Gasteiger charge is 2.37. The van der Waals surface area contributed by atoms with E-state index in [1.54, 1.807) is 19.2 Å². The molecule has 0 saturated carbocycles. The number of aliphatic carboxylic acids is 1. The molecular weight excluding hydrogens is 368 g/mol. The number of benzene rings is 1. The Morgan fingerprint density at radius 2 is 1.93 bits per heavy atom. The summed E-state index contributed by atoms with van der Waals surface area (Å²) in [5.74, 6) is -2.14. The quantitative estimate of drug-likeness (QED) is 0.763. The van der Waals surface area contributed by atoms with Gasteiger partial charge in [-0.1, -0.05) is 32.4 Å². The van der Waals surface area contributed by atoms with E-state index in [-0.39, 0.29) is 35.4 Å². The monoisotopic (exact) mass is 396 g/mol. The van der Waals surface area contributed by atoms with Crippen molar-refractivity contribution in [3.8, 4) is 0 Å². The molecule has 7 nitrogen and oxygen atoms in total. The third-order valence-electron chi connectivity index (χ3n) is 4.90. The van der Waals surface area contributed by atoms with Crippen molar-refractivity contribution in [1.29, 1.82) is 0 Å². The van der Waals surface area contributed by atoms with Gasteiger partial charge in [-0.2, -0.15) is 4.31 Å². The molecule has 2 atom stereocenters. The Kier molecular flexibility index (Phi) is 7.00. The lowest BCUT2D eigenvalue weighted by atomic mass is 9.92. The lowest BCUT2D eigenvalue weighted by molar-refractivity contribution is -0.143. The maximum absolute atomic E-state index is 13.2. The molecule has 1 heterocycles. The normalized spacial score (nSPS) is 21.0. The van der Waals surface area contributed by atoms with Gasteiger partial charge in [-0.25, -0.2) is 8.42 Å². The van der Waals surface area contributed by atoms with Crippen LogP contribution in [0.25, 0.3) is 0 Å². The smallest absolute Gasteiger partial charge is 0.307 e. The summed E-state index contributed by atoms with van der Waals surface area (Å²) in [6.07, 6.45) is 2.21. The van der Waals surface area contributed by atoms with Gasteiger partial charge in [0.15, 0.2) is 0 Å². The van der Waals surface area contributed by atoms with E-state index >= 15 is 0 Å². The molecular formula is C19H28N2O5S. The lowest BCUT2D eigenvalue weighted by Crippen LogP contribution is -2.46. The number of carboxylic acids is 1. The van der Waals surface area contributed by atoms with Crippen LogP contribution in [-0.2, 0) is 14.8 Å². The number of carbonyl (C=O) groups excluding carboxylic acids is 1. The highest BCUT2D eigenvalue weighted by molar-refractivity contribution is 7.89. The van der Waals surface area contributed by atoms with E-state index in [4.69, 9.17) is 0 Å². The number of nitrogens with zero attached hydrogens (tertiary/aromatic N) is 2. The van der Waals surface area contributed by atoms with Gasteiger partial charge in [0.1, 0.15) is 0 Å². The van der Waals surface area contributed by atoms with E-state index in [1.807, 2.05) is 13.8 Å². The highest BCUT2D eigenvalue weighted by atomic mass is 32.2. The molecule has 0 bridgehead atoms. The Balaban J connectivity index is 2.36. The summed E-state index contributed by atoms with van der Waals surface area (Å²) in [4.78, 5) is 25.6. The molecule has 2 rings (SSSR count). The summed E-state index contributed by atoms with van der Waals surface area (Å²) in [7, 11) is -2.31. The molecule has 0 radical (unpaired) electrons. The van der Waals surface area contributed by atoms with Gasteiger partial charge in [0.2, 0.25) is 10.0 Å². The first-order valence-electron chi connectivity index (χ1n) is 9.25. The van der Waals surface area contributed by atoms with Crippen LogP contribution >= 0.6 is 0 Å². The second-order valence-corrected chi connectivity index (χ2v) is 9.18.